The number of rotatable bonds is 5. The zero-order valence-corrected chi connectivity index (χ0v) is 8.37. The van der Waals surface area contributed by atoms with Crippen molar-refractivity contribution in [2.24, 2.45) is 11.7 Å². The lowest BCUT2D eigenvalue weighted by Crippen LogP contribution is -2.34. The molecule has 0 rings (SSSR count). The van der Waals surface area contributed by atoms with Gasteiger partial charge in [0.05, 0.1) is 0 Å². The van der Waals surface area contributed by atoms with Gasteiger partial charge in [0, 0.05) is 0 Å². The van der Waals surface area contributed by atoms with Gasteiger partial charge in [0.2, 0.25) is 0 Å². The molecule has 0 heterocycles. The molecule has 0 aromatic rings. The van der Waals surface area contributed by atoms with Crippen LogP contribution in [0, 0.1) is 5.92 Å². The van der Waals surface area contributed by atoms with Crippen LogP contribution < -0.4 is 5.73 Å². The molecule has 2 N–H and O–H groups in total. The van der Waals surface area contributed by atoms with E-state index >= 15 is 0 Å². The molecule has 0 saturated heterocycles. The van der Waals surface area contributed by atoms with Crippen LogP contribution in [0.2, 0.25) is 0 Å². The molecule has 0 bridgehead atoms. The molecule has 0 aliphatic rings. The van der Waals surface area contributed by atoms with Gasteiger partial charge in [-0.15, -0.1) is 0 Å². The molecule has 0 fully saturated rings. The van der Waals surface area contributed by atoms with E-state index in [4.69, 9.17) is 5.73 Å². The van der Waals surface area contributed by atoms with Gasteiger partial charge in [-0.1, -0.05) is 13.8 Å². The van der Waals surface area contributed by atoms with Crippen LogP contribution in [0.5, 0.6) is 0 Å². The van der Waals surface area contributed by atoms with Crippen molar-refractivity contribution in [3.05, 3.63) is 0 Å². The summed E-state index contributed by atoms with van der Waals surface area (Å²) in [4.78, 5) is 21.6. The fourth-order valence-electron chi connectivity index (χ4n) is 0.884. The topological polar surface area (TPSA) is 69.4 Å². The number of hydrogen-bond donors (Lipinski definition) is 1. The summed E-state index contributed by atoms with van der Waals surface area (Å²) in [6.07, 6.45) is 0.580. The highest BCUT2D eigenvalue weighted by Gasteiger charge is 2.16. The molecule has 0 aromatic heterocycles. The highest BCUT2D eigenvalue weighted by molar-refractivity contribution is 5.82. The quantitative estimate of drug-likeness (QED) is 0.636. The standard InChI is InChI=1S/C9H17NO3/c1-6(2)4-8(10)9(12)13-5-7(3)11/h6,8H,4-5,10H2,1-3H3/t8-/m0/s1. The normalized spacial score (nSPS) is 12.7. The monoisotopic (exact) mass is 187 g/mol. The second-order valence-electron chi connectivity index (χ2n) is 3.55. The maximum Gasteiger partial charge on any atom is 0.323 e. The molecular weight excluding hydrogens is 170 g/mol. The first-order chi connectivity index (χ1) is 5.93. The second kappa shape index (κ2) is 5.70. The van der Waals surface area contributed by atoms with Crippen molar-refractivity contribution in [2.45, 2.75) is 33.2 Å². The summed E-state index contributed by atoms with van der Waals surface area (Å²) in [5, 5.41) is 0. The van der Waals surface area contributed by atoms with Gasteiger partial charge in [-0.05, 0) is 19.3 Å². The lowest BCUT2D eigenvalue weighted by molar-refractivity contribution is -0.149. The Labute approximate surface area is 78.4 Å². The van der Waals surface area contributed by atoms with Crippen LogP contribution in [0.4, 0.5) is 0 Å². The number of carbonyl (C=O) groups excluding carboxylic acids is 2. The largest absolute Gasteiger partial charge is 0.457 e. The smallest absolute Gasteiger partial charge is 0.323 e. The zero-order chi connectivity index (χ0) is 10.4. The Bertz CT molecular complexity index is 189. The average Bonchev–Trinajstić information content (AvgIpc) is 1.98. The average molecular weight is 187 g/mol. The first-order valence-electron chi connectivity index (χ1n) is 4.35. The van der Waals surface area contributed by atoms with E-state index < -0.39 is 12.0 Å². The van der Waals surface area contributed by atoms with E-state index in [2.05, 4.69) is 4.74 Å². The number of ether oxygens (including phenoxy) is 1. The molecule has 0 amide bonds. The highest BCUT2D eigenvalue weighted by atomic mass is 16.5. The van der Waals surface area contributed by atoms with Gasteiger partial charge >= 0.3 is 5.97 Å². The van der Waals surface area contributed by atoms with Crippen molar-refractivity contribution in [1.82, 2.24) is 0 Å². The van der Waals surface area contributed by atoms with Gasteiger partial charge in [0.15, 0.2) is 5.78 Å². The molecule has 0 aliphatic carbocycles. The maximum atomic E-state index is 11.1. The molecule has 0 aromatic carbocycles. The molecule has 0 radical (unpaired) electrons. The molecule has 13 heavy (non-hydrogen) atoms. The Morgan fingerprint density at radius 2 is 1.92 bits per heavy atom. The molecule has 0 spiro atoms. The lowest BCUT2D eigenvalue weighted by Gasteiger charge is -2.12. The van der Waals surface area contributed by atoms with Crippen LogP contribution in [0.1, 0.15) is 27.2 Å². The summed E-state index contributed by atoms with van der Waals surface area (Å²) < 4.78 is 4.65. The zero-order valence-electron chi connectivity index (χ0n) is 8.37. The maximum absolute atomic E-state index is 11.1. The Balaban J connectivity index is 3.76. The van der Waals surface area contributed by atoms with Gasteiger partial charge in [-0.2, -0.15) is 0 Å². The van der Waals surface area contributed by atoms with Crippen LogP contribution in [0.25, 0.3) is 0 Å². The number of hydrogen-bond acceptors (Lipinski definition) is 4. The van der Waals surface area contributed by atoms with Crippen molar-refractivity contribution in [3.63, 3.8) is 0 Å². The van der Waals surface area contributed by atoms with Gasteiger partial charge in [-0.25, -0.2) is 0 Å². The molecule has 0 aliphatic heterocycles. The predicted molar refractivity (Wildman–Crippen MR) is 49.1 cm³/mol. The third-order valence-electron chi connectivity index (χ3n) is 1.45. The number of carbonyl (C=O) groups is 2. The van der Waals surface area contributed by atoms with Crippen molar-refractivity contribution in [1.29, 1.82) is 0 Å². The van der Waals surface area contributed by atoms with E-state index in [1.165, 1.54) is 6.92 Å². The van der Waals surface area contributed by atoms with Crippen LogP contribution in [-0.2, 0) is 14.3 Å². The minimum Gasteiger partial charge on any atom is -0.457 e. The lowest BCUT2D eigenvalue weighted by atomic mass is 10.1. The van der Waals surface area contributed by atoms with E-state index in [9.17, 15) is 9.59 Å². The van der Waals surface area contributed by atoms with Crippen molar-refractivity contribution < 1.29 is 14.3 Å². The first-order valence-corrected chi connectivity index (χ1v) is 4.35. The van der Waals surface area contributed by atoms with Gasteiger partial charge in [-0.3, -0.25) is 9.59 Å². The number of ketones is 1. The van der Waals surface area contributed by atoms with E-state index in [0.29, 0.717) is 12.3 Å². The van der Waals surface area contributed by atoms with E-state index in [-0.39, 0.29) is 12.4 Å². The SMILES string of the molecule is CC(=O)COC(=O)[C@@H](N)CC(C)C. The van der Waals surface area contributed by atoms with Crippen LogP contribution >= 0.6 is 0 Å². The van der Waals surface area contributed by atoms with Crippen LogP contribution in [0.15, 0.2) is 0 Å². The van der Waals surface area contributed by atoms with Gasteiger partial charge in [0.25, 0.3) is 0 Å². The molecule has 4 nitrogen and oxygen atoms in total. The molecule has 0 saturated carbocycles. The Morgan fingerprint density at radius 1 is 1.38 bits per heavy atom. The van der Waals surface area contributed by atoms with Crippen LogP contribution in [0.3, 0.4) is 0 Å². The van der Waals surface area contributed by atoms with Crippen LogP contribution in [-0.4, -0.2) is 24.4 Å². The number of nitrogens with two attached hydrogens (primary N) is 1. The minimum atomic E-state index is -0.612. The third-order valence-corrected chi connectivity index (χ3v) is 1.45. The summed E-state index contributed by atoms with van der Waals surface area (Å²) in [6.45, 7) is 5.13. The van der Waals surface area contributed by atoms with E-state index in [1.807, 2.05) is 13.8 Å². The fourth-order valence-corrected chi connectivity index (χ4v) is 0.884. The van der Waals surface area contributed by atoms with Crippen molar-refractivity contribution in [3.8, 4) is 0 Å². The van der Waals surface area contributed by atoms with E-state index in [1.54, 1.807) is 0 Å². The molecule has 1 atom stereocenters. The Hall–Kier alpha value is -0.900. The number of esters is 1. The summed E-state index contributed by atoms with van der Waals surface area (Å²) in [5.74, 6) is -0.325. The van der Waals surface area contributed by atoms with Gasteiger partial charge < -0.3 is 10.5 Å². The highest BCUT2D eigenvalue weighted by Crippen LogP contribution is 2.03. The Morgan fingerprint density at radius 3 is 2.31 bits per heavy atom. The van der Waals surface area contributed by atoms with Crippen molar-refractivity contribution >= 4 is 11.8 Å². The number of Topliss-reactive ketones (excluding diaryl/α,β-unsaturated/α-hetero) is 1. The fraction of sp³-hybridized carbons (Fsp3) is 0.778. The third kappa shape index (κ3) is 6.28. The van der Waals surface area contributed by atoms with E-state index in [0.717, 1.165) is 0 Å². The predicted octanol–water partition coefficient (Wildman–Crippen LogP) is 0.492. The Kier molecular flexibility index (Phi) is 5.30. The summed E-state index contributed by atoms with van der Waals surface area (Å²) in [7, 11) is 0. The summed E-state index contributed by atoms with van der Waals surface area (Å²) >= 11 is 0. The van der Waals surface area contributed by atoms with Crippen molar-refractivity contribution in [2.75, 3.05) is 6.61 Å². The summed E-state index contributed by atoms with van der Waals surface area (Å²) in [6, 6.07) is -0.612. The molecule has 4 heteroatoms. The molecule has 0 unspecified atom stereocenters. The second-order valence-corrected chi connectivity index (χ2v) is 3.55. The molecular formula is C9H17NO3. The minimum absolute atomic E-state index is 0.176. The molecule has 76 valence electrons. The first kappa shape index (κ1) is 12.1. The van der Waals surface area contributed by atoms with Gasteiger partial charge in [0.1, 0.15) is 12.6 Å². The summed E-state index contributed by atoms with van der Waals surface area (Å²) in [5.41, 5.74) is 5.52.